The van der Waals surface area contributed by atoms with E-state index in [1.54, 1.807) is 0 Å². The van der Waals surface area contributed by atoms with Gasteiger partial charge in [-0.15, -0.1) is 0 Å². The summed E-state index contributed by atoms with van der Waals surface area (Å²) in [4.78, 5) is 11.7. The van der Waals surface area contributed by atoms with Gasteiger partial charge in [0.1, 0.15) is 24.4 Å². The molecule has 0 spiro atoms. The van der Waals surface area contributed by atoms with Crippen LogP contribution in [0.25, 0.3) is 0 Å². The van der Waals surface area contributed by atoms with Gasteiger partial charge in [0.25, 0.3) is 0 Å². The van der Waals surface area contributed by atoms with Gasteiger partial charge in [-0.05, 0) is 51.4 Å². The summed E-state index contributed by atoms with van der Waals surface area (Å²) in [6, 6.07) is -1.04. The van der Waals surface area contributed by atoms with Crippen LogP contribution < -0.4 is 5.32 Å². The molecule has 1 rings (SSSR count). The molecule has 1 amide bonds. The van der Waals surface area contributed by atoms with Gasteiger partial charge in [-0.2, -0.15) is 0 Å². The van der Waals surface area contributed by atoms with Crippen LogP contribution in [0.4, 0.5) is 0 Å². The molecule has 0 bridgehead atoms. The molecule has 1 fully saturated rings. The molecule has 7 atom stereocenters. The fraction of sp³-hybridized carbons (Fsp3) is 0.966. The number of aliphatic hydroxyl groups is 3. The van der Waals surface area contributed by atoms with Gasteiger partial charge in [0, 0.05) is 12.7 Å². The van der Waals surface area contributed by atoms with Crippen molar-refractivity contribution in [3.8, 4) is 0 Å². The van der Waals surface area contributed by atoms with E-state index in [1.165, 1.54) is 6.92 Å². The van der Waals surface area contributed by atoms with E-state index in [0.717, 1.165) is 75.6 Å². The number of carbonyl (C=O) groups excluding carboxylic acids is 1. The van der Waals surface area contributed by atoms with Crippen molar-refractivity contribution < 1.29 is 43.2 Å². The number of aliphatic hydroxyl groups excluding tert-OH is 3. The van der Waals surface area contributed by atoms with Crippen molar-refractivity contribution in [1.82, 2.24) is 5.32 Å². The normalized spacial score (nSPS) is 26.3. The minimum Gasteiger partial charge on any atom is -0.394 e. The van der Waals surface area contributed by atoms with Gasteiger partial charge in [-0.3, -0.25) is 13.8 Å². The number of hydrogen-bond acceptors (Lipinski definition) is 10. The Balaban J connectivity index is 2.97. The Kier molecular flexibility index (Phi) is 18.2. The molecule has 244 valence electrons. The molecule has 0 radical (unpaired) electrons. The van der Waals surface area contributed by atoms with Gasteiger partial charge in [0.2, 0.25) is 5.91 Å². The molecule has 0 aliphatic carbocycles. The predicted molar refractivity (Wildman–Crippen MR) is 164 cm³/mol. The summed E-state index contributed by atoms with van der Waals surface area (Å²) in [5.41, 5.74) is -1.25. The van der Waals surface area contributed by atoms with Crippen LogP contribution in [0.2, 0.25) is 0 Å². The Morgan fingerprint density at radius 2 is 1.56 bits per heavy atom. The second-order valence-corrected chi connectivity index (χ2v) is 16.0. The van der Waals surface area contributed by atoms with Gasteiger partial charge >= 0.3 is 6.80 Å². The van der Waals surface area contributed by atoms with E-state index in [-0.39, 0.29) is 12.4 Å². The Morgan fingerprint density at radius 1 is 0.951 bits per heavy atom. The maximum atomic E-state index is 14.3. The van der Waals surface area contributed by atoms with Crippen LogP contribution in [-0.2, 0) is 27.9 Å². The quantitative estimate of drug-likeness (QED) is 0.0870. The van der Waals surface area contributed by atoms with Crippen LogP contribution in [0.3, 0.4) is 0 Å². The van der Waals surface area contributed by atoms with Crippen LogP contribution in [0, 0.1) is 0 Å². The van der Waals surface area contributed by atoms with Gasteiger partial charge in [-0.25, -0.2) is 4.57 Å². The standard InChI is InChI=1S/C29H58NO9PS/c1-8-11-13-15-17-28(5,6)38-40(35,39-29(7,10-3)18-16-14-12-9-2)41-20-19-36-27-24(30-22(4)32)26(34)25(33)23(21-31)37-27/h23-27,31,33-34H,8-21H2,1-7H3,(H,30,32). The molecule has 1 heterocycles. The van der Waals surface area contributed by atoms with E-state index in [1.807, 2.05) is 27.7 Å². The van der Waals surface area contributed by atoms with Crippen LogP contribution in [0.15, 0.2) is 0 Å². The first-order chi connectivity index (χ1) is 19.2. The largest absolute Gasteiger partial charge is 0.394 e. The highest BCUT2D eigenvalue weighted by Gasteiger charge is 2.46. The minimum atomic E-state index is -3.64. The summed E-state index contributed by atoms with van der Waals surface area (Å²) < 4.78 is 38.5. The number of rotatable bonds is 22. The van der Waals surface area contributed by atoms with Crippen LogP contribution in [0.1, 0.15) is 119 Å². The van der Waals surface area contributed by atoms with E-state index in [2.05, 4.69) is 19.2 Å². The lowest BCUT2D eigenvalue weighted by atomic mass is 9.95. The van der Waals surface area contributed by atoms with Crippen LogP contribution in [-0.4, -0.2) is 82.0 Å². The predicted octanol–water partition coefficient (Wildman–Crippen LogP) is 5.71. The third kappa shape index (κ3) is 14.4. The third-order valence-corrected chi connectivity index (χ3v) is 11.5. The molecule has 0 saturated carbocycles. The number of unbranched alkanes of at least 4 members (excludes halogenated alkanes) is 6. The number of nitrogens with one attached hydrogen (secondary N) is 1. The average Bonchev–Trinajstić information content (AvgIpc) is 2.90. The SMILES string of the molecule is CCCCCCC(C)(C)OP(=O)(OC(C)(CC)CCCCCC)SCCOC1OC(CO)C(O)C(O)C1NC(C)=O. The highest BCUT2D eigenvalue weighted by Crippen LogP contribution is 2.65. The fourth-order valence-electron chi connectivity index (χ4n) is 4.81. The molecule has 7 unspecified atom stereocenters. The minimum absolute atomic E-state index is 0.0410. The number of amides is 1. The molecule has 0 aromatic carbocycles. The molecule has 10 nitrogen and oxygen atoms in total. The lowest BCUT2D eigenvalue weighted by Crippen LogP contribution is -2.64. The van der Waals surface area contributed by atoms with Crippen molar-refractivity contribution >= 4 is 24.1 Å². The van der Waals surface area contributed by atoms with Crippen molar-refractivity contribution in [2.75, 3.05) is 19.0 Å². The molecular weight excluding hydrogens is 569 g/mol. The molecule has 0 aromatic rings. The first-order valence-corrected chi connectivity index (χ1v) is 18.6. The van der Waals surface area contributed by atoms with Gasteiger partial charge in [0.05, 0.1) is 24.4 Å². The molecule has 41 heavy (non-hydrogen) atoms. The molecule has 1 saturated heterocycles. The van der Waals surface area contributed by atoms with E-state index < -0.39 is 61.2 Å². The highest BCUT2D eigenvalue weighted by atomic mass is 32.7. The van der Waals surface area contributed by atoms with E-state index in [9.17, 15) is 24.7 Å². The molecule has 1 aliphatic rings. The highest BCUT2D eigenvalue weighted by molar-refractivity contribution is 8.55. The van der Waals surface area contributed by atoms with Gasteiger partial charge in [0.15, 0.2) is 6.29 Å². The summed E-state index contributed by atoms with van der Waals surface area (Å²) in [5.74, 6) is -0.200. The molecule has 4 N–H and O–H groups in total. The summed E-state index contributed by atoms with van der Waals surface area (Å²) in [6.07, 6.45) is 5.95. The smallest absolute Gasteiger partial charge is 0.390 e. The van der Waals surface area contributed by atoms with Gasteiger partial charge in [-0.1, -0.05) is 72.1 Å². The zero-order chi connectivity index (χ0) is 31.1. The Hall–Kier alpha value is -0.230. The second kappa shape index (κ2) is 19.2. The Bertz CT molecular complexity index is 789. The maximum absolute atomic E-state index is 14.3. The summed E-state index contributed by atoms with van der Waals surface area (Å²) in [6.45, 7) is 9.42. The second-order valence-electron chi connectivity index (χ2n) is 12.0. The van der Waals surface area contributed by atoms with Crippen molar-refractivity contribution in [2.45, 2.75) is 161 Å². The monoisotopic (exact) mass is 627 g/mol. The van der Waals surface area contributed by atoms with Crippen molar-refractivity contribution in [3.05, 3.63) is 0 Å². The van der Waals surface area contributed by atoms with Crippen LogP contribution in [0.5, 0.6) is 0 Å². The number of ether oxygens (including phenoxy) is 2. The van der Waals surface area contributed by atoms with E-state index >= 15 is 0 Å². The number of carbonyl (C=O) groups is 1. The Labute approximate surface area is 252 Å². The zero-order valence-electron chi connectivity index (χ0n) is 26.4. The first kappa shape index (κ1) is 38.8. The molecular formula is C29H58NO9PS. The molecule has 0 aromatic heterocycles. The van der Waals surface area contributed by atoms with Crippen molar-refractivity contribution in [2.24, 2.45) is 0 Å². The van der Waals surface area contributed by atoms with Crippen LogP contribution >= 0.6 is 18.2 Å². The summed E-state index contributed by atoms with van der Waals surface area (Å²) in [7, 11) is 0. The average molecular weight is 628 g/mol. The summed E-state index contributed by atoms with van der Waals surface area (Å²) >= 11 is 1.07. The Morgan fingerprint density at radius 3 is 2.10 bits per heavy atom. The number of hydrogen-bond donors (Lipinski definition) is 4. The van der Waals surface area contributed by atoms with E-state index in [4.69, 9.17) is 18.5 Å². The third-order valence-electron chi connectivity index (χ3n) is 7.50. The first-order valence-electron chi connectivity index (χ1n) is 15.4. The van der Waals surface area contributed by atoms with Crippen molar-refractivity contribution in [1.29, 1.82) is 0 Å². The summed E-state index contributed by atoms with van der Waals surface area (Å²) in [5, 5.41) is 32.8. The lowest BCUT2D eigenvalue weighted by molar-refractivity contribution is -0.268. The topological polar surface area (TPSA) is 144 Å². The van der Waals surface area contributed by atoms with E-state index in [0.29, 0.717) is 6.42 Å². The molecule has 1 aliphatic heterocycles. The zero-order valence-corrected chi connectivity index (χ0v) is 28.1. The lowest BCUT2D eigenvalue weighted by Gasteiger charge is -2.42. The molecule has 12 heteroatoms. The van der Waals surface area contributed by atoms with Crippen molar-refractivity contribution in [3.63, 3.8) is 0 Å². The maximum Gasteiger partial charge on any atom is 0.390 e. The fourth-order valence-corrected chi connectivity index (χ4v) is 9.16. The van der Waals surface area contributed by atoms with Gasteiger partial charge < -0.3 is 30.1 Å².